The first-order chi connectivity index (χ1) is 10.2. The number of methoxy groups -OCH3 is 1. The third kappa shape index (κ3) is 3.12. The van der Waals surface area contributed by atoms with Gasteiger partial charge in [0.1, 0.15) is 5.75 Å². The van der Waals surface area contributed by atoms with Gasteiger partial charge in [-0.3, -0.25) is 0 Å². The van der Waals surface area contributed by atoms with Crippen LogP contribution in [0.2, 0.25) is 5.02 Å². The number of fused-ring (bicyclic) bond motifs is 1. The van der Waals surface area contributed by atoms with Crippen LogP contribution in [0.4, 0.5) is 0 Å². The molecule has 0 fully saturated rings. The van der Waals surface area contributed by atoms with Crippen LogP contribution in [0.5, 0.6) is 5.75 Å². The molecule has 1 nitrogen and oxygen atoms in total. The number of aryl methyl sites for hydroxylation is 1. The molecule has 0 spiro atoms. The highest BCUT2D eigenvalue weighted by Gasteiger charge is 2.26. The molecule has 110 valence electrons. The molecule has 0 saturated carbocycles. The smallest absolute Gasteiger partial charge is 0.120 e. The fourth-order valence-electron chi connectivity index (χ4n) is 3.09. The normalized spacial score (nSPS) is 18.9. The summed E-state index contributed by atoms with van der Waals surface area (Å²) in [6, 6.07) is 14.7. The molecule has 0 bridgehead atoms. The number of benzene rings is 2. The van der Waals surface area contributed by atoms with Crippen molar-refractivity contribution in [2.45, 2.75) is 24.1 Å². The van der Waals surface area contributed by atoms with Gasteiger partial charge in [0, 0.05) is 9.85 Å². The number of halogens is 2. The molecule has 0 N–H and O–H groups in total. The van der Waals surface area contributed by atoms with Gasteiger partial charge in [-0.1, -0.05) is 57.9 Å². The molecule has 0 amide bonds. The van der Waals surface area contributed by atoms with E-state index in [2.05, 4.69) is 46.3 Å². The summed E-state index contributed by atoms with van der Waals surface area (Å²) in [4.78, 5) is 0.282. The molecule has 2 aromatic rings. The first kappa shape index (κ1) is 14.9. The average molecular weight is 366 g/mol. The van der Waals surface area contributed by atoms with E-state index in [9.17, 15) is 0 Å². The Morgan fingerprint density at radius 1 is 1.19 bits per heavy atom. The second-order valence-corrected chi connectivity index (χ2v) is 6.95. The number of hydrogen-bond donors (Lipinski definition) is 0. The molecule has 2 unspecified atom stereocenters. The molecule has 0 saturated heterocycles. The maximum Gasteiger partial charge on any atom is 0.120 e. The van der Waals surface area contributed by atoms with Crippen molar-refractivity contribution < 1.29 is 4.74 Å². The largest absolute Gasteiger partial charge is 0.497 e. The van der Waals surface area contributed by atoms with Crippen LogP contribution in [0.15, 0.2) is 42.5 Å². The third-order valence-corrected chi connectivity index (χ3v) is 5.87. The minimum Gasteiger partial charge on any atom is -0.497 e. The lowest BCUT2D eigenvalue weighted by Gasteiger charge is -2.29. The molecule has 0 aromatic heterocycles. The van der Waals surface area contributed by atoms with Gasteiger partial charge in [-0.25, -0.2) is 0 Å². The fraction of sp³-hybridized carbons (Fsp3) is 0.333. The predicted molar refractivity (Wildman–Crippen MR) is 91.6 cm³/mol. The van der Waals surface area contributed by atoms with E-state index >= 15 is 0 Å². The van der Waals surface area contributed by atoms with Crippen LogP contribution in [0, 0.1) is 5.92 Å². The minimum atomic E-state index is 0.282. The minimum absolute atomic E-state index is 0.282. The summed E-state index contributed by atoms with van der Waals surface area (Å²) in [6.07, 6.45) is 3.44. The van der Waals surface area contributed by atoms with Crippen molar-refractivity contribution in [3.05, 3.63) is 64.2 Å². The van der Waals surface area contributed by atoms with Crippen molar-refractivity contribution >= 4 is 27.5 Å². The Labute approximate surface area is 139 Å². The lowest BCUT2D eigenvalue weighted by molar-refractivity contribution is 0.414. The maximum atomic E-state index is 6.41. The second kappa shape index (κ2) is 6.41. The summed E-state index contributed by atoms with van der Waals surface area (Å²) in [5, 5.41) is 0.773. The molecule has 0 aliphatic heterocycles. The molecule has 0 heterocycles. The molecule has 21 heavy (non-hydrogen) atoms. The van der Waals surface area contributed by atoms with Crippen molar-refractivity contribution in [3.8, 4) is 5.75 Å². The molecule has 2 aromatic carbocycles. The predicted octanol–water partition coefficient (Wildman–Crippen LogP) is 5.59. The van der Waals surface area contributed by atoms with Gasteiger partial charge in [0.2, 0.25) is 0 Å². The quantitative estimate of drug-likeness (QED) is 0.644. The van der Waals surface area contributed by atoms with Gasteiger partial charge in [-0.05, 0) is 54.0 Å². The standard InChI is InChI=1S/C18H18BrClO/c1-21-15-8-9-16(17(20)11-15)18(19)14-7-6-12-4-2-3-5-13(12)10-14/h2-5,8-9,11,14,18H,6-7,10H2,1H3. The number of hydrogen-bond acceptors (Lipinski definition) is 1. The number of rotatable bonds is 3. The third-order valence-electron chi connectivity index (χ3n) is 4.30. The van der Waals surface area contributed by atoms with Crippen molar-refractivity contribution in [1.82, 2.24) is 0 Å². The summed E-state index contributed by atoms with van der Waals surface area (Å²) in [5.74, 6) is 1.38. The van der Waals surface area contributed by atoms with E-state index in [-0.39, 0.29) is 4.83 Å². The van der Waals surface area contributed by atoms with Gasteiger partial charge in [-0.15, -0.1) is 0 Å². The Morgan fingerprint density at radius 2 is 1.95 bits per heavy atom. The summed E-state index contributed by atoms with van der Waals surface area (Å²) in [6.45, 7) is 0. The van der Waals surface area contributed by atoms with E-state index < -0.39 is 0 Å². The van der Waals surface area contributed by atoms with Crippen LogP contribution in [-0.4, -0.2) is 7.11 Å². The molecular formula is C18H18BrClO. The molecular weight excluding hydrogens is 348 g/mol. The first-order valence-electron chi connectivity index (χ1n) is 7.23. The Morgan fingerprint density at radius 3 is 2.67 bits per heavy atom. The molecule has 1 aliphatic carbocycles. The molecule has 1 aliphatic rings. The van der Waals surface area contributed by atoms with Crippen molar-refractivity contribution in [2.75, 3.05) is 7.11 Å². The van der Waals surface area contributed by atoms with Crippen molar-refractivity contribution in [1.29, 1.82) is 0 Å². The van der Waals surface area contributed by atoms with E-state index in [4.69, 9.17) is 16.3 Å². The van der Waals surface area contributed by atoms with Crippen LogP contribution in [0.3, 0.4) is 0 Å². The molecule has 2 atom stereocenters. The van der Waals surface area contributed by atoms with E-state index in [1.165, 1.54) is 17.5 Å². The van der Waals surface area contributed by atoms with E-state index in [0.717, 1.165) is 29.2 Å². The SMILES string of the molecule is COc1ccc(C(Br)C2CCc3ccccc3C2)c(Cl)c1. The fourth-order valence-corrected chi connectivity index (χ4v) is 4.36. The Hall–Kier alpha value is -0.990. The zero-order valence-electron chi connectivity index (χ0n) is 12.0. The highest BCUT2D eigenvalue weighted by molar-refractivity contribution is 9.09. The first-order valence-corrected chi connectivity index (χ1v) is 8.52. The van der Waals surface area contributed by atoms with Crippen LogP contribution in [0.1, 0.15) is 27.9 Å². The van der Waals surface area contributed by atoms with Crippen LogP contribution < -0.4 is 4.74 Å². The van der Waals surface area contributed by atoms with Gasteiger partial charge in [-0.2, -0.15) is 0 Å². The molecule has 0 radical (unpaired) electrons. The van der Waals surface area contributed by atoms with Crippen molar-refractivity contribution in [2.24, 2.45) is 5.92 Å². The zero-order valence-corrected chi connectivity index (χ0v) is 14.3. The van der Waals surface area contributed by atoms with E-state index in [1.54, 1.807) is 7.11 Å². The van der Waals surface area contributed by atoms with E-state index in [0.29, 0.717) is 5.92 Å². The van der Waals surface area contributed by atoms with Gasteiger partial charge < -0.3 is 4.74 Å². The van der Waals surface area contributed by atoms with Crippen LogP contribution in [0.25, 0.3) is 0 Å². The van der Waals surface area contributed by atoms with E-state index in [1.807, 2.05) is 12.1 Å². The average Bonchev–Trinajstić information content (AvgIpc) is 2.53. The number of ether oxygens (including phenoxy) is 1. The Bertz CT molecular complexity index is 641. The molecule has 3 rings (SSSR count). The summed E-state index contributed by atoms with van der Waals surface area (Å²) in [5.41, 5.74) is 4.12. The summed E-state index contributed by atoms with van der Waals surface area (Å²) in [7, 11) is 1.66. The summed E-state index contributed by atoms with van der Waals surface area (Å²) >= 11 is 10.3. The molecule has 3 heteroatoms. The van der Waals surface area contributed by atoms with Gasteiger partial charge in [0.25, 0.3) is 0 Å². The lowest BCUT2D eigenvalue weighted by Crippen LogP contribution is -2.18. The summed E-state index contributed by atoms with van der Waals surface area (Å²) < 4.78 is 5.22. The van der Waals surface area contributed by atoms with Gasteiger partial charge >= 0.3 is 0 Å². The topological polar surface area (TPSA) is 9.23 Å². The maximum absolute atomic E-state index is 6.41. The van der Waals surface area contributed by atoms with Crippen LogP contribution in [-0.2, 0) is 12.8 Å². The zero-order chi connectivity index (χ0) is 14.8. The Kier molecular flexibility index (Phi) is 4.56. The second-order valence-electron chi connectivity index (χ2n) is 5.56. The monoisotopic (exact) mass is 364 g/mol. The number of alkyl halides is 1. The van der Waals surface area contributed by atoms with Gasteiger partial charge in [0.15, 0.2) is 0 Å². The van der Waals surface area contributed by atoms with Crippen LogP contribution >= 0.6 is 27.5 Å². The van der Waals surface area contributed by atoms with Crippen molar-refractivity contribution in [3.63, 3.8) is 0 Å². The highest BCUT2D eigenvalue weighted by atomic mass is 79.9. The Balaban J connectivity index is 1.82. The lowest BCUT2D eigenvalue weighted by atomic mass is 9.81. The highest BCUT2D eigenvalue weighted by Crippen LogP contribution is 2.42. The van der Waals surface area contributed by atoms with Gasteiger partial charge in [0.05, 0.1) is 7.11 Å².